The number of hydrogen-bond acceptors (Lipinski definition) is 4. The van der Waals surface area contributed by atoms with Crippen LogP contribution in [0.5, 0.6) is 0 Å². The van der Waals surface area contributed by atoms with Crippen LogP contribution in [0.15, 0.2) is 217 Å². The van der Waals surface area contributed by atoms with Gasteiger partial charge in [0.25, 0.3) is 0 Å². The van der Waals surface area contributed by atoms with E-state index in [2.05, 4.69) is 185 Å². The van der Waals surface area contributed by atoms with Crippen LogP contribution in [-0.4, -0.2) is 24.1 Å². The van der Waals surface area contributed by atoms with Gasteiger partial charge >= 0.3 is 0 Å². The van der Waals surface area contributed by atoms with Crippen LogP contribution < -0.4 is 0 Å². The highest BCUT2D eigenvalue weighted by molar-refractivity contribution is 6.26. The van der Waals surface area contributed by atoms with Gasteiger partial charge in [-0.2, -0.15) is 0 Å². The highest BCUT2D eigenvalue weighted by Gasteiger charge is 2.23. The lowest BCUT2D eigenvalue weighted by Crippen LogP contribution is -2.00. The maximum Gasteiger partial charge on any atom is 0.164 e. The fourth-order valence-corrected chi connectivity index (χ4v) is 9.48. The third-order valence-corrected chi connectivity index (χ3v) is 12.4. The van der Waals surface area contributed by atoms with Crippen LogP contribution in [0.2, 0.25) is 0 Å². The van der Waals surface area contributed by atoms with E-state index in [0.29, 0.717) is 17.5 Å². The molecule has 0 aliphatic heterocycles. The molecule has 0 aliphatic rings. The molecular weight excluding hydrogens is 771 g/mol. The lowest BCUT2D eigenvalue weighted by Gasteiger charge is -2.11. The summed E-state index contributed by atoms with van der Waals surface area (Å²) in [5.41, 5.74) is 13.2. The molecule has 0 amide bonds. The van der Waals surface area contributed by atoms with Gasteiger partial charge < -0.3 is 13.6 Å². The van der Waals surface area contributed by atoms with Crippen molar-refractivity contribution >= 4 is 65.6 Å². The van der Waals surface area contributed by atoms with Crippen molar-refractivity contribution in [2.45, 2.75) is 0 Å². The van der Waals surface area contributed by atoms with Crippen LogP contribution in [0.25, 0.3) is 122 Å². The molecule has 6 heteroatoms. The zero-order valence-corrected chi connectivity index (χ0v) is 33.9. The van der Waals surface area contributed by atoms with Crippen molar-refractivity contribution in [3.63, 3.8) is 0 Å². The summed E-state index contributed by atoms with van der Waals surface area (Å²) in [5.74, 6) is 1.85. The number of nitrogens with zero attached hydrogens (tertiary/aromatic N) is 5. The molecule has 0 radical (unpaired) electrons. The Bertz CT molecular complexity index is 3890. The van der Waals surface area contributed by atoms with Gasteiger partial charge in [-0.25, -0.2) is 15.0 Å². The molecule has 0 unspecified atom stereocenters. The molecule has 0 aliphatic carbocycles. The maximum atomic E-state index is 7.23. The van der Waals surface area contributed by atoms with Crippen LogP contribution in [0, 0.1) is 0 Å². The number of furan rings is 1. The molecule has 9 aromatic carbocycles. The van der Waals surface area contributed by atoms with Crippen molar-refractivity contribution in [2.24, 2.45) is 0 Å². The highest BCUT2D eigenvalue weighted by atomic mass is 16.3. The lowest BCUT2D eigenvalue weighted by molar-refractivity contribution is 0.673. The number of benzene rings is 9. The first-order valence-electron chi connectivity index (χ1n) is 21.2. The number of aromatic nitrogens is 5. The second-order valence-electron chi connectivity index (χ2n) is 16.0. The van der Waals surface area contributed by atoms with Crippen molar-refractivity contribution in [3.8, 4) is 56.7 Å². The van der Waals surface area contributed by atoms with Crippen molar-refractivity contribution in [3.05, 3.63) is 212 Å². The minimum absolute atomic E-state index is 0.607. The third kappa shape index (κ3) is 5.55. The number of rotatable bonds is 6. The molecule has 6 nitrogen and oxygen atoms in total. The molecule has 0 bridgehead atoms. The average Bonchev–Trinajstić information content (AvgIpc) is 4.03. The van der Waals surface area contributed by atoms with Crippen molar-refractivity contribution in [1.29, 1.82) is 0 Å². The quantitative estimate of drug-likeness (QED) is 0.168. The minimum atomic E-state index is 0.607. The van der Waals surface area contributed by atoms with Crippen LogP contribution in [0.1, 0.15) is 0 Å². The predicted molar refractivity (Wildman–Crippen MR) is 258 cm³/mol. The molecule has 4 aromatic heterocycles. The Morgan fingerprint density at radius 1 is 0.286 bits per heavy atom. The van der Waals surface area contributed by atoms with Crippen LogP contribution in [0.3, 0.4) is 0 Å². The second-order valence-corrected chi connectivity index (χ2v) is 16.0. The molecule has 0 fully saturated rings. The van der Waals surface area contributed by atoms with Gasteiger partial charge in [-0.15, -0.1) is 0 Å². The topological polar surface area (TPSA) is 61.7 Å². The Morgan fingerprint density at radius 3 is 1.27 bits per heavy atom. The Labute approximate surface area is 361 Å². The molecular formula is C57H35N5O. The van der Waals surface area contributed by atoms with Crippen LogP contribution in [-0.2, 0) is 0 Å². The van der Waals surface area contributed by atoms with Gasteiger partial charge in [-0.05, 0) is 77.9 Å². The summed E-state index contributed by atoms with van der Waals surface area (Å²) < 4.78 is 11.9. The molecule has 63 heavy (non-hydrogen) atoms. The van der Waals surface area contributed by atoms with E-state index in [1.165, 1.54) is 5.39 Å². The van der Waals surface area contributed by atoms with E-state index in [1.54, 1.807) is 0 Å². The number of para-hydroxylation sites is 3. The van der Waals surface area contributed by atoms with E-state index in [4.69, 9.17) is 19.4 Å². The maximum absolute atomic E-state index is 7.23. The molecule has 4 heterocycles. The fourth-order valence-electron chi connectivity index (χ4n) is 9.48. The Hall–Kier alpha value is -8.61. The standard InChI is InChI=1S/C57H35N5O/c1-4-15-36(16-5-1)39-19-14-20-40(35-39)57-59-55(37-17-6-2-7-18-37)58-56(60-57)38-27-29-42(30-28-38)62-50-26-13-11-24-44(50)46-32-34-48-47-33-31-45-43-23-10-12-25-49(43)61(41-21-8-3-9-22-41)51(45)53(47)63-54(48)52(46)62/h1-35H. The average molecular weight is 806 g/mol. The van der Waals surface area contributed by atoms with Gasteiger partial charge in [-0.1, -0.05) is 146 Å². The first-order valence-corrected chi connectivity index (χ1v) is 21.2. The van der Waals surface area contributed by atoms with E-state index in [0.717, 1.165) is 99.4 Å². The van der Waals surface area contributed by atoms with Gasteiger partial charge in [0, 0.05) is 60.4 Å². The zero-order chi connectivity index (χ0) is 41.4. The normalized spacial score (nSPS) is 11.8. The lowest BCUT2D eigenvalue weighted by atomic mass is 10.0. The number of hydrogen-bond donors (Lipinski definition) is 0. The largest absolute Gasteiger partial charge is 0.452 e. The van der Waals surface area contributed by atoms with Crippen LogP contribution in [0.4, 0.5) is 0 Å². The Morgan fingerprint density at radius 2 is 0.698 bits per heavy atom. The monoisotopic (exact) mass is 805 g/mol. The number of fused-ring (bicyclic) bond motifs is 11. The Balaban J connectivity index is 0.998. The van der Waals surface area contributed by atoms with E-state index in [9.17, 15) is 0 Å². The Kier molecular flexibility index (Phi) is 7.80. The summed E-state index contributed by atoms with van der Waals surface area (Å²) in [7, 11) is 0. The summed E-state index contributed by atoms with van der Waals surface area (Å²) in [6, 6.07) is 74.2. The summed E-state index contributed by atoms with van der Waals surface area (Å²) in [6.07, 6.45) is 0. The van der Waals surface area contributed by atoms with Gasteiger partial charge in [0.15, 0.2) is 28.6 Å². The molecule has 0 saturated heterocycles. The van der Waals surface area contributed by atoms with Crippen molar-refractivity contribution in [2.75, 3.05) is 0 Å². The van der Waals surface area contributed by atoms with Crippen molar-refractivity contribution in [1.82, 2.24) is 24.1 Å². The van der Waals surface area contributed by atoms with Crippen LogP contribution >= 0.6 is 0 Å². The summed E-state index contributed by atoms with van der Waals surface area (Å²) in [4.78, 5) is 15.2. The third-order valence-electron chi connectivity index (χ3n) is 12.4. The van der Waals surface area contributed by atoms with E-state index in [1.807, 2.05) is 36.4 Å². The molecule has 0 saturated carbocycles. The molecule has 13 aromatic rings. The molecule has 294 valence electrons. The predicted octanol–water partition coefficient (Wildman–Crippen LogP) is 14.6. The smallest absolute Gasteiger partial charge is 0.164 e. The summed E-state index contributed by atoms with van der Waals surface area (Å²) in [5, 5.41) is 6.81. The molecule has 0 N–H and O–H groups in total. The van der Waals surface area contributed by atoms with Gasteiger partial charge in [0.2, 0.25) is 0 Å². The first kappa shape index (κ1) is 35.2. The van der Waals surface area contributed by atoms with E-state index >= 15 is 0 Å². The van der Waals surface area contributed by atoms with Gasteiger partial charge in [-0.3, -0.25) is 0 Å². The van der Waals surface area contributed by atoms with E-state index < -0.39 is 0 Å². The molecule has 0 atom stereocenters. The van der Waals surface area contributed by atoms with Crippen molar-refractivity contribution < 1.29 is 4.42 Å². The molecule has 0 spiro atoms. The SMILES string of the molecule is c1ccc(-c2cccc(-c3nc(-c4ccccc4)nc(-c4ccc(-n5c6ccccc6c6ccc7c8ccc9c%10ccccc%10n(-c%10ccccc%10)c9c8oc7c65)cc4)n3)c2)cc1. The van der Waals surface area contributed by atoms with Gasteiger partial charge in [0.1, 0.15) is 0 Å². The van der Waals surface area contributed by atoms with E-state index in [-0.39, 0.29) is 0 Å². The first-order chi connectivity index (χ1) is 31.2. The fraction of sp³-hybridized carbons (Fsp3) is 0. The molecule has 13 rings (SSSR count). The highest BCUT2D eigenvalue weighted by Crippen LogP contribution is 2.44. The van der Waals surface area contributed by atoms with Gasteiger partial charge in [0.05, 0.1) is 22.1 Å². The summed E-state index contributed by atoms with van der Waals surface area (Å²) >= 11 is 0. The second kappa shape index (κ2) is 14.0. The summed E-state index contributed by atoms with van der Waals surface area (Å²) in [6.45, 7) is 0. The minimum Gasteiger partial charge on any atom is -0.452 e. The zero-order valence-electron chi connectivity index (χ0n) is 33.9.